The highest BCUT2D eigenvalue weighted by molar-refractivity contribution is 7.80. The Morgan fingerprint density at radius 3 is 2.90 bits per heavy atom. The molecule has 1 aliphatic heterocycles. The Hall–Kier alpha value is -1.50. The smallest absolute Gasteiger partial charge is 0.224 e. The van der Waals surface area contributed by atoms with E-state index in [2.05, 4.69) is 10.2 Å². The predicted octanol–water partition coefficient (Wildman–Crippen LogP) is 1.11. The first-order valence-corrected chi connectivity index (χ1v) is 7.56. The van der Waals surface area contributed by atoms with Gasteiger partial charge < -0.3 is 21.1 Å². The number of β-amino-alcohol motifs (C(OH)–C–C–N with tert-alkyl or cyclic N) is 1. The fourth-order valence-corrected chi connectivity index (χ4v) is 2.68. The largest absolute Gasteiger partial charge is 0.392 e. The fraction of sp³-hybridized carbons (Fsp3) is 0.467. The predicted molar refractivity (Wildman–Crippen MR) is 87.3 cm³/mol. The normalized spacial score (nSPS) is 18.6. The minimum atomic E-state index is -0.212. The fourth-order valence-electron chi connectivity index (χ4n) is 2.50. The number of nitrogens with zero attached hydrogens (tertiary/aromatic N) is 1. The van der Waals surface area contributed by atoms with E-state index in [1.165, 1.54) is 0 Å². The molecular weight excluding hydrogens is 286 g/mol. The van der Waals surface area contributed by atoms with E-state index in [4.69, 9.17) is 18.0 Å². The minimum absolute atomic E-state index is 0.0431. The zero-order chi connectivity index (χ0) is 15.2. The monoisotopic (exact) mass is 307 g/mol. The molecule has 0 radical (unpaired) electrons. The van der Waals surface area contributed by atoms with Gasteiger partial charge in [-0.2, -0.15) is 0 Å². The summed E-state index contributed by atoms with van der Waals surface area (Å²) in [6, 6.07) is 7.26. The Bertz CT molecular complexity index is 521. The Balaban J connectivity index is 1.78. The first-order chi connectivity index (χ1) is 10.1. The van der Waals surface area contributed by atoms with Crippen LogP contribution in [0, 0.1) is 0 Å². The van der Waals surface area contributed by atoms with Gasteiger partial charge in [0.05, 0.1) is 11.8 Å². The van der Waals surface area contributed by atoms with Crippen LogP contribution in [0.4, 0.5) is 5.69 Å². The summed E-state index contributed by atoms with van der Waals surface area (Å²) in [6.07, 6.45) is 1.83. The molecule has 1 aliphatic rings. The summed E-state index contributed by atoms with van der Waals surface area (Å²) in [5.41, 5.74) is 6.98. The van der Waals surface area contributed by atoms with Crippen molar-refractivity contribution >= 4 is 28.8 Å². The number of nitrogens with two attached hydrogens (primary N) is 1. The number of likely N-dealkylation sites (tertiary alicyclic amines) is 1. The summed E-state index contributed by atoms with van der Waals surface area (Å²) < 4.78 is 0. The van der Waals surface area contributed by atoms with Gasteiger partial charge in [0.15, 0.2) is 0 Å². The molecule has 6 heteroatoms. The molecule has 1 atom stereocenters. The Kier molecular flexibility index (Phi) is 5.67. The molecule has 1 fully saturated rings. The molecule has 1 heterocycles. The van der Waals surface area contributed by atoms with Gasteiger partial charge >= 0.3 is 0 Å². The number of carbonyl (C=O) groups excluding carboxylic acids is 1. The van der Waals surface area contributed by atoms with Gasteiger partial charge in [-0.25, -0.2) is 0 Å². The maximum absolute atomic E-state index is 12.0. The zero-order valence-corrected chi connectivity index (χ0v) is 12.7. The molecule has 114 valence electrons. The van der Waals surface area contributed by atoms with Crippen molar-refractivity contribution in [3.05, 3.63) is 29.8 Å². The van der Waals surface area contributed by atoms with Crippen LogP contribution in [0.5, 0.6) is 0 Å². The molecule has 1 aromatic carbocycles. The van der Waals surface area contributed by atoms with E-state index in [0.717, 1.165) is 25.9 Å². The maximum atomic E-state index is 12.0. The van der Waals surface area contributed by atoms with Crippen LogP contribution in [0.25, 0.3) is 0 Å². The highest BCUT2D eigenvalue weighted by Gasteiger charge is 2.19. The van der Waals surface area contributed by atoms with Crippen LogP contribution in [0.3, 0.4) is 0 Å². The van der Waals surface area contributed by atoms with E-state index in [1.807, 2.05) is 12.1 Å². The number of amides is 1. The third-order valence-electron chi connectivity index (χ3n) is 3.59. The molecular formula is C15H21N3O2S. The van der Waals surface area contributed by atoms with Gasteiger partial charge in [-0.15, -0.1) is 0 Å². The second kappa shape index (κ2) is 7.49. The van der Waals surface area contributed by atoms with E-state index in [1.54, 1.807) is 12.1 Å². The van der Waals surface area contributed by atoms with Gasteiger partial charge in [-0.3, -0.25) is 4.79 Å². The van der Waals surface area contributed by atoms with Crippen molar-refractivity contribution in [2.75, 3.05) is 25.0 Å². The van der Waals surface area contributed by atoms with Crippen molar-refractivity contribution in [1.29, 1.82) is 0 Å². The lowest BCUT2D eigenvalue weighted by molar-refractivity contribution is -0.116. The van der Waals surface area contributed by atoms with Crippen LogP contribution in [-0.2, 0) is 4.79 Å². The lowest BCUT2D eigenvalue weighted by Crippen LogP contribution is -2.24. The number of hydrogen-bond donors (Lipinski definition) is 3. The average Bonchev–Trinajstić information content (AvgIpc) is 2.85. The van der Waals surface area contributed by atoms with Crippen LogP contribution in [0.1, 0.15) is 24.8 Å². The Morgan fingerprint density at radius 1 is 1.48 bits per heavy atom. The lowest BCUT2D eigenvalue weighted by Gasteiger charge is -2.14. The Labute approximate surface area is 130 Å². The third kappa shape index (κ3) is 4.77. The van der Waals surface area contributed by atoms with Crippen LogP contribution in [0.15, 0.2) is 24.3 Å². The quantitative estimate of drug-likeness (QED) is 0.686. The van der Waals surface area contributed by atoms with Gasteiger partial charge in [0.1, 0.15) is 4.99 Å². The van der Waals surface area contributed by atoms with Crippen molar-refractivity contribution < 1.29 is 9.90 Å². The number of para-hydroxylation sites is 1. The highest BCUT2D eigenvalue weighted by atomic mass is 32.1. The number of anilines is 1. The number of benzene rings is 1. The van der Waals surface area contributed by atoms with E-state index in [0.29, 0.717) is 24.2 Å². The third-order valence-corrected chi connectivity index (χ3v) is 3.81. The van der Waals surface area contributed by atoms with Gasteiger partial charge in [-0.1, -0.05) is 24.4 Å². The number of rotatable bonds is 6. The zero-order valence-electron chi connectivity index (χ0n) is 11.9. The van der Waals surface area contributed by atoms with Crippen molar-refractivity contribution in [2.24, 2.45) is 5.73 Å². The summed E-state index contributed by atoms with van der Waals surface area (Å²) in [6.45, 7) is 2.46. The standard InChI is InChI=1S/C15H21N3O2S/c16-15(21)12-4-1-2-5-13(12)17-14(20)6-3-8-18-9-7-11(19)10-18/h1-2,4-5,11,19H,3,6-10H2,(H2,16,21)(H,17,20). The molecule has 21 heavy (non-hydrogen) atoms. The molecule has 0 spiro atoms. The highest BCUT2D eigenvalue weighted by Crippen LogP contribution is 2.15. The van der Waals surface area contributed by atoms with Crippen LogP contribution >= 0.6 is 12.2 Å². The molecule has 4 N–H and O–H groups in total. The first-order valence-electron chi connectivity index (χ1n) is 7.15. The summed E-state index contributed by atoms with van der Waals surface area (Å²) in [4.78, 5) is 14.4. The summed E-state index contributed by atoms with van der Waals surface area (Å²) in [5.74, 6) is -0.0431. The molecule has 0 aliphatic carbocycles. The van der Waals surface area contributed by atoms with Crippen molar-refractivity contribution in [3.63, 3.8) is 0 Å². The molecule has 0 saturated carbocycles. The van der Waals surface area contributed by atoms with Crippen molar-refractivity contribution in [1.82, 2.24) is 4.90 Å². The molecule has 1 amide bonds. The number of nitrogens with one attached hydrogen (secondary N) is 1. The SMILES string of the molecule is NC(=S)c1ccccc1NC(=O)CCCN1CCC(O)C1. The molecule has 1 unspecified atom stereocenters. The average molecular weight is 307 g/mol. The van der Waals surface area contributed by atoms with E-state index < -0.39 is 0 Å². The van der Waals surface area contributed by atoms with Gasteiger partial charge in [0.25, 0.3) is 0 Å². The van der Waals surface area contributed by atoms with E-state index in [-0.39, 0.29) is 17.0 Å². The van der Waals surface area contributed by atoms with E-state index >= 15 is 0 Å². The van der Waals surface area contributed by atoms with Gasteiger partial charge in [-0.05, 0) is 31.5 Å². The van der Waals surface area contributed by atoms with Gasteiger partial charge in [0, 0.05) is 25.1 Å². The number of thiocarbonyl (C=S) groups is 1. The first kappa shape index (κ1) is 15.9. The van der Waals surface area contributed by atoms with E-state index in [9.17, 15) is 9.90 Å². The molecule has 2 rings (SSSR count). The summed E-state index contributed by atoms with van der Waals surface area (Å²) in [7, 11) is 0. The number of aliphatic hydroxyl groups is 1. The molecule has 1 saturated heterocycles. The second-order valence-corrected chi connectivity index (χ2v) is 5.74. The number of aliphatic hydroxyl groups excluding tert-OH is 1. The Morgan fingerprint density at radius 2 is 2.24 bits per heavy atom. The van der Waals surface area contributed by atoms with Gasteiger partial charge in [0.2, 0.25) is 5.91 Å². The number of hydrogen-bond acceptors (Lipinski definition) is 4. The molecule has 0 bridgehead atoms. The number of carbonyl (C=O) groups is 1. The van der Waals surface area contributed by atoms with Crippen LogP contribution in [0.2, 0.25) is 0 Å². The second-order valence-electron chi connectivity index (χ2n) is 5.30. The topological polar surface area (TPSA) is 78.6 Å². The lowest BCUT2D eigenvalue weighted by atomic mass is 10.1. The van der Waals surface area contributed by atoms with Crippen molar-refractivity contribution in [3.8, 4) is 0 Å². The van der Waals surface area contributed by atoms with Crippen LogP contribution in [-0.4, -0.2) is 46.6 Å². The van der Waals surface area contributed by atoms with Crippen molar-refractivity contribution in [2.45, 2.75) is 25.4 Å². The minimum Gasteiger partial charge on any atom is -0.392 e. The van der Waals surface area contributed by atoms with Crippen LogP contribution < -0.4 is 11.1 Å². The molecule has 1 aromatic rings. The molecule has 5 nitrogen and oxygen atoms in total. The maximum Gasteiger partial charge on any atom is 0.224 e. The summed E-state index contributed by atoms with van der Waals surface area (Å²) in [5, 5.41) is 12.3. The summed E-state index contributed by atoms with van der Waals surface area (Å²) >= 11 is 4.97. The molecule has 0 aromatic heterocycles.